The summed E-state index contributed by atoms with van der Waals surface area (Å²) < 4.78 is 55.4. The van der Waals surface area contributed by atoms with E-state index >= 15 is 0 Å². The molecular weight excluding hydrogens is 366 g/mol. The predicted octanol–water partition coefficient (Wildman–Crippen LogP) is 3.29. The Labute approximate surface area is 153 Å². The van der Waals surface area contributed by atoms with Gasteiger partial charge in [0.15, 0.2) is 0 Å². The number of esters is 1. The molecule has 1 N–H and O–H groups in total. The number of amides is 1. The fourth-order valence-electron chi connectivity index (χ4n) is 2.43. The summed E-state index contributed by atoms with van der Waals surface area (Å²) in [5.41, 5.74) is 0.175. The molecule has 0 radical (unpaired) electrons. The van der Waals surface area contributed by atoms with E-state index in [-0.39, 0.29) is 12.8 Å². The first-order valence-corrected chi connectivity index (χ1v) is 7.97. The molecule has 8 heteroatoms. The lowest BCUT2D eigenvalue weighted by Crippen LogP contribution is -2.43. The van der Waals surface area contributed by atoms with Crippen LogP contribution in [-0.2, 0) is 33.3 Å². The molecule has 27 heavy (non-hydrogen) atoms. The van der Waals surface area contributed by atoms with E-state index in [1.54, 1.807) is 0 Å². The maximum atomic E-state index is 12.9. The van der Waals surface area contributed by atoms with Gasteiger partial charge in [0.05, 0.1) is 19.1 Å². The van der Waals surface area contributed by atoms with Crippen LogP contribution in [-0.4, -0.2) is 25.0 Å². The SMILES string of the molecule is COC(=O)[C@@H](Cc1ccc(C(F)(F)F)cc1)NC(=O)Cc1ccc(F)cc1. The molecule has 0 aliphatic rings. The number of halogens is 4. The van der Waals surface area contributed by atoms with E-state index in [2.05, 4.69) is 10.1 Å². The van der Waals surface area contributed by atoms with Gasteiger partial charge in [0.1, 0.15) is 11.9 Å². The number of hydrogen-bond acceptors (Lipinski definition) is 3. The molecule has 0 aliphatic carbocycles. The van der Waals surface area contributed by atoms with Gasteiger partial charge >= 0.3 is 12.1 Å². The Bertz CT molecular complexity index is 786. The van der Waals surface area contributed by atoms with E-state index in [9.17, 15) is 27.2 Å². The summed E-state index contributed by atoms with van der Waals surface area (Å²) in [6, 6.07) is 8.55. The summed E-state index contributed by atoms with van der Waals surface area (Å²) in [5, 5.41) is 2.49. The van der Waals surface area contributed by atoms with Crippen LogP contribution in [0.4, 0.5) is 17.6 Å². The summed E-state index contributed by atoms with van der Waals surface area (Å²) in [7, 11) is 1.15. The summed E-state index contributed by atoms with van der Waals surface area (Å²) in [4.78, 5) is 24.1. The van der Waals surface area contributed by atoms with Crippen molar-refractivity contribution in [3.8, 4) is 0 Å². The minimum atomic E-state index is -4.45. The minimum Gasteiger partial charge on any atom is -0.467 e. The quantitative estimate of drug-likeness (QED) is 0.615. The Morgan fingerprint density at radius 2 is 1.56 bits per heavy atom. The maximum Gasteiger partial charge on any atom is 0.416 e. The Morgan fingerprint density at radius 3 is 2.07 bits per heavy atom. The number of ether oxygens (including phenoxy) is 1. The molecule has 0 unspecified atom stereocenters. The molecule has 0 saturated heterocycles. The third-order valence-electron chi connectivity index (χ3n) is 3.82. The second kappa shape index (κ2) is 8.66. The third kappa shape index (κ3) is 6.09. The lowest BCUT2D eigenvalue weighted by atomic mass is 10.0. The van der Waals surface area contributed by atoms with Gasteiger partial charge in [-0.15, -0.1) is 0 Å². The van der Waals surface area contributed by atoms with Crippen LogP contribution in [0.5, 0.6) is 0 Å². The number of benzene rings is 2. The molecule has 2 aromatic rings. The van der Waals surface area contributed by atoms with Crippen molar-refractivity contribution in [1.29, 1.82) is 0 Å². The second-order valence-electron chi connectivity index (χ2n) is 5.85. The first-order valence-electron chi connectivity index (χ1n) is 7.97. The first-order chi connectivity index (χ1) is 12.7. The largest absolute Gasteiger partial charge is 0.467 e. The average Bonchev–Trinajstić information content (AvgIpc) is 2.62. The Hall–Kier alpha value is -2.90. The Morgan fingerprint density at radius 1 is 1.00 bits per heavy atom. The van der Waals surface area contributed by atoms with Crippen molar-refractivity contribution in [1.82, 2.24) is 5.32 Å². The number of methoxy groups -OCH3 is 1. The molecule has 4 nitrogen and oxygen atoms in total. The number of alkyl halides is 3. The van der Waals surface area contributed by atoms with Crippen molar-refractivity contribution in [3.63, 3.8) is 0 Å². The van der Waals surface area contributed by atoms with Gasteiger partial charge in [-0.1, -0.05) is 24.3 Å². The minimum absolute atomic E-state index is 0.0278. The van der Waals surface area contributed by atoms with Crippen LogP contribution in [0.3, 0.4) is 0 Å². The maximum absolute atomic E-state index is 12.9. The van der Waals surface area contributed by atoms with Gasteiger partial charge in [-0.3, -0.25) is 4.79 Å². The molecule has 0 saturated carbocycles. The van der Waals surface area contributed by atoms with Crippen molar-refractivity contribution in [3.05, 3.63) is 71.0 Å². The lowest BCUT2D eigenvalue weighted by Gasteiger charge is -2.17. The van der Waals surface area contributed by atoms with Crippen LogP contribution in [0.2, 0.25) is 0 Å². The fraction of sp³-hybridized carbons (Fsp3) is 0.263. The zero-order chi connectivity index (χ0) is 20.0. The van der Waals surface area contributed by atoms with Crippen molar-refractivity contribution >= 4 is 11.9 Å². The average molecular weight is 383 g/mol. The number of carbonyl (C=O) groups is 2. The molecule has 2 aromatic carbocycles. The van der Waals surface area contributed by atoms with Gasteiger partial charge in [0.25, 0.3) is 0 Å². The molecule has 0 spiro atoms. The topological polar surface area (TPSA) is 55.4 Å². The molecule has 0 aromatic heterocycles. The number of nitrogens with one attached hydrogen (secondary N) is 1. The van der Waals surface area contributed by atoms with E-state index in [0.717, 1.165) is 19.2 Å². The summed E-state index contributed by atoms with van der Waals surface area (Å²) in [6.45, 7) is 0. The van der Waals surface area contributed by atoms with Crippen LogP contribution in [0, 0.1) is 5.82 Å². The van der Waals surface area contributed by atoms with Gasteiger partial charge in [0.2, 0.25) is 5.91 Å². The van der Waals surface area contributed by atoms with Gasteiger partial charge in [-0.25, -0.2) is 9.18 Å². The van der Waals surface area contributed by atoms with Crippen LogP contribution < -0.4 is 5.32 Å². The van der Waals surface area contributed by atoms with E-state index in [1.165, 1.54) is 36.4 Å². The summed E-state index contributed by atoms with van der Waals surface area (Å²) >= 11 is 0. The number of hydrogen-bond donors (Lipinski definition) is 1. The second-order valence-corrected chi connectivity index (χ2v) is 5.85. The highest BCUT2D eigenvalue weighted by Gasteiger charge is 2.30. The van der Waals surface area contributed by atoms with Crippen LogP contribution in [0.1, 0.15) is 16.7 Å². The van der Waals surface area contributed by atoms with E-state index in [1.807, 2.05) is 0 Å². The molecular formula is C19H17F4NO3. The van der Waals surface area contributed by atoms with E-state index in [4.69, 9.17) is 0 Å². The Balaban J connectivity index is 2.05. The van der Waals surface area contributed by atoms with Crippen molar-refractivity contribution < 1.29 is 31.9 Å². The van der Waals surface area contributed by atoms with Crippen molar-refractivity contribution in [2.24, 2.45) is 0 Å². The molecule has 0 fully saturated rings. The van der Waals surface area contributed by atoms with E-state index in [0.29, 0.717) is 11.1 Å². The summed E-state index contributed by atoms with van der Waals surface area (Å²) in [6.07, 6.45) is -4.57. The zero-order valence-electron chi connectivity index (χ0n) is 14.3. The Kier molecular flexibility index (Phi) is 6.55. The monoisotopic (exact) mass is 383 g/mol. The normalized spacial score (nSPS) is 12.3. The molecule has 1 amide bonds. The van der Waals surface area contributed by atoms with Crippen LogP contribution >= 0.6 is 0 Å². The van der Waals surface area contributed by atoms with Gasteiger partial charge in [0, 0.05) is 6.42 Å². The van der Waals surface area contributed by atoms with Gasteiger partial charge < -0.3 is 10.1 Å². The fourth-order valence-corrected chi connectivity index (χ4v) is 2.43. The molecule has 1 atom stereocenters. The van der Waals surface area contributed by atoms with Crippen LogP contribution in [0.25, 0.3) is 0 Å². The van der Waals surface area contributed by atoms with Gasteiger partial charge in [-0.2, -0.15) is 13.2 Å². The lowest BCUT2D eigenvalue weighted by molar-refractivity contribution is -0.145. The number of carbonyl (C=O) groups excluding carboxylic acids is 2. The highest BCUT2D eigenvalue weighted by Crippen LogP contribution is 2.29. The van der Waals surface area contributed by atoms with E-state index < -0.39 is 35.5 Å². The predicted molar refractivity (Wildman–Crippen MR) is 89.2 cm³/mol. The van der Waals surface area contributed by atoms with Crippen molar-refractivity contribution in [2.75, 3.05) is 7.11 Å². The molecule has 2 rings (SSSR count). The molecule has 144 valence electrons. The van der Waals surface area contributed by atoms with Crippen LogP contribution in [0.15, 0.2) is 48.5 Å². The molecule has 0 heterocycles. The first kappa shape index (κ1) is 20.4. The molecule has 0 aliphatic heterocycles. The highest BCUT2D eigenvalue weighted by molar-refractivity contribution is 5.85. The highest BCUT2D eigenvalue weighted by atomic mass is 19.4. The molecule has 0 bridgehead atoms. The third-order valence-corrected chi connectivity index (χ3v) is 3.82. The van der Waals surface area contributed by atoms with Gasteiger partial charge in [-0.05, 0) is 35.4 Å². The summed E-state index contributed by atoms with van der Waals surface area (Å²) in [5.74, 6) is -1.65. The smallest absolute Gasteiger partial charge is 0.416 e. The zero-order valence-corrected chi connectivity index (χ0v) is 14.3. The number of rotatable bonds is 6. The standard InChI is InChI=1S/C19H17F4NO3/c1-27-18(26)16(10-12-2-6-14(7-3-12)19(21,22)23)24-17(25)11-13-4-8-15(20)9-5-13/h2-9,16H,10-11H2,1H3,(H,24,25)/t16-/m1/s1. The van der Waals surface area contributed by atoms with Crippen molar-refractivity contribution in [2.45, 2.75) is 25.1 Å².